The molecule has 25 heavy (non-hydrogen) atoms. The summed E-state index contributed by atoms with van der Waals surface area (Å²) in [4.78, 5) is 0.0596. The molecule has 0 aliphatic heterocycles. The molecule has 0 bridgehead atoms. The molecule has 0 radical (unpaired) electrons. The van der Waals surface area contributed by atoms with Crippen LogP contribution >= 0.6 is 0 Å². The predicted molar refractivity (Wildman–Crippen MR) is 95.7 cm³/mol. The number of hydrogen-bond donors (Lipinski definition) is 1. The van der Waals surface area contributed by atoms with Gasteiger partial charge in [-0.3, -0.25) is 0 Å². The first-order valence-corrected chi connectivity index (χ1v) is 9.51. The van der Waals surface area contributed by atoms with Crippen LogP contribution in [0.1, 0.15) is 44.9 Å². The molecule has 1 atom stereocenters. The van der Waals surface area contributed by atoms with E-state index in [9.17, 15) is 8.42 Å². The van der Waals surface area contributed by atoms with Crippen molar-refractivity contribution in [2.75, 3.05) is 0 Å². The average molecular weight is 359 g/mol. The lowest BCUT2D eigenvalue weighted by molar-refractivity contribution is 0.315. The average Bonchev–Trinajstić information content (AvgIpc) is 3.02. The highest BCUT2D eigenvalue weighted by Gasteiger charge is 2.23. The Kier molecular flexibility index (Phi) is 4.38. The summed E-state index contributed by atoms with van der Waals surface area (Å²) in [6.45, 7) is 8.23. The first kappa shape index (κ1) is 17.6. The molecule has 0 saturated carbocycles. The number of fused-ring (bicyclic) bond motifs is 1. The van der Waals surface area contributed by atoms with Crippen LogP contribution in [0.4, 0.5) is 0 Å². The molecule has 2 aromatic carbocycles. The van der Waals surface area contributed by atoms with E-state index >= 15 is 0 Å². The van der Waals surface area contributed by atoms with E-state index in [0.717, 1.165) is 5.56 Å². The highest BCUT2D eigenvalue weighted by atomic mass is 32.2. The van der Waals surface area contributed by atoms with Crippen molar-refractivity contribution < 1.29 is 13.0 Å². The maximum Gasteiger partial charge on any atom is 0.243 e. The smallest absolute Gasteiger partial charge is 0.243 e. The minimum atomic E-state index is -3.76. The van der Waals surface area contributed by atoms with Crippen molar-refractivity contribution in [3.63, 3.8) is 0 Å². The fourth-order valence-corrected chi connectivity index (χ4v) is 4.02. The zero-order valence-corrected chi connectivity index (χ0v) is 15.5. The largest absolute Gasteiger partial charge is 0.243 e. The molecule has 0 spiro atoms. The van der Waals surface area contributed by atoms with Crippen LogP contribution in [0, 0.1) is 0 Å². The van der Waals surface area contributed by atoms with E-state index in [2.05, 4.69) is 40.4 Å². The molecule has 3 rings (SSSR count). The molecule has 0 saturated heterocycles. The Hall–Kier alpha value is -2.25. The van der Waals surface area contributed by atoms with Crippen LogP contribution in [0.3, 0.4) is 0 Å². The van der Waals surface area contributed by atoms with Crippen LogP contribution in [0.5, 0.6) is 0 Å². The fourth-order valence-electron chi connectivity index (χ4n) is 2.63. The molecule has 0 unspecified atom stereocenters. The third kappa shape index (κ3) is 3.57. The Balaban J connectivity index is 1.87. The second kappa shape index (κ2) is 6.24. The second-order valence-corrected chi connectivity index (χ2v) is 8.79. The number of rotatable bonds is 4. The summed E-state index contributed by atoms with van der Waals surface area (Å²) in [6, 6.07) is 12.3. The van der Waals surface area contributed by atoms with E-state index in [-0.39, 0.29) is 21.9 Å². The molecule has 1 N–H and O–H groups in total. The maximum atomic E-state index is 12.7. The first-order chi connectivity index (χ1) is 11.7. The number of hydrogen-bond acceptors (Lipinski definition) is 5. The zero-order valence-electron chi connectivity index (χ0n) is 14.6. The van der Waals surface area contributed by atoms with Crippen LogP contribution in [0.2, 0.25) is 0 Å². The lowest BCUT2D eigenvalue weighted by Gasteiger charge is -2.20. The van der Waals surface area contributed by atoms with Gasteiger partial charge in [0.25, 0.3) is 0 Å². The van der Waals surface area contributed by atoms with E-state index in [1.165, 1.54) is 11.6 Å². The summed E-state index contributed by atoms with van der Waals surface area (Å²) in [6.07, 6.45) is 0. The molecule has 1 aromatic heterocycles. The van der Waals surface area contributed by atoms with Crippen LogP contribution in [-0.2, 0) is 15.4 Å². The molecular weight excluding hydrogens is 338 g/mol. The van der Waals surface area contributed by atoms with Gasteiger partial charge >= 0.3 is 0 Å². The number of benzene rings is 2. The molecule has 0 aliphatic rings. The minimum Gasteiger partial charge on any atom is -0.243 e. The molecule has 6 nitrogen and oxygen atoms in total. The van der Waals surface area contributed by atoms with Gasteiger partial charge in [-0.1, -0.05) is 51.1 Å². The Morgan fingerprint density at radius 1 is 1.04 bits per heavy atom. The minimum absolute atomic E-state index is 0.0525. The van der Waals surface area contributed by atoms with Crippen LogP contribution in [-0.4, -0.2) is 18.7 Å². The molecule has 132 valence electrons. The quantitative estimate of drug-likeness (QED) is 0.770. The zero-order chi connectivity index (χ0) is 18.2. The highest BCUT2D eigenvalue weighted by molar-refractivity contribution is 7.89. The van der Waals surface area contributed by atoms with Gasteiger partial charge in [0, 0.05) is 6.04 Å². The summed E-state index contributed by atoms with van der Waals surface area (Å²) in [5, 5.41) is 7.38. The third-order valence-corrected chi connectivity index (χ3v) is 5.72. The van der Waals surface area contributed by atoms with E-state index in [0.29, 0.717) is 5.52 Å². The Morgan fingerprint density at radius 3 is 2.36 bits per heavy atom. The lowest BCUT2D eigenvalue weighted by atomic mass is 9.86. The van der Waals surface area contributed by atoms with Gasteiger partial charge in [0.15, 0.2) is 5.52 Å². The first-order valence-electron chi connectivity index (χ1n) is 8.02. The molecule has 0 aliphatic carbocycles. The standard InChI is InChI=1S/C18H21N3O3S/c1-12(13-8-10-14(11-9-13)18(2,3)4)21-25(22,23)16-7-5-6-15-17(16)20-24-19-15/h5-12,21H,1-4H3/t12-/m1/s1. The predicted octanol–water partition coefficient (Wildman–Crippen LogP) is 3.56. The summed E-state index contributed by atoms with van der Waals surface area (Å²) < 4.78 is 32.8. The van der Waals surface area contributed by atoms with Crippen LogP contribution in [0.25, 0.3) is 11.0 Å². The van der Waals surface area contributed by atoms with Crippen molar-refractivity contribution in [3.8, 4) is 0 Å². The number of nitrogens with one attached hydrogen (secondary N) is 1. The van der Waals surface area contributed by atoms with Crippen molar-refractivity contribution >= 4 is 21.1 Å². The van der Waals surface area contributed by atoms with Gasteiger partial charge in [-0.25, -0.2) is 17.8 Å². The topological polar surface area (TPSA) is 85.1 Å². The maximum absolute atomic E-state index is 12.7. The van der Waals surface area contributed by atoms with Crippen molar-refractivity contribution in [1.29, 1.82) is 0 Å². The van der Waals surface area contributed by atoms with E-state index in [4.69, 9.17) is 0 Å². The van der Waals surface area contributed by atoms with Crippen molar-refractivity contribution in [2.24, 2.45) is 0 Å². The molecule has 0 fully saturated rings. The second-order valence-electron chi connectivity index (χ2n) is 7.10. The Labute approximate surface area is 147 Å². The Morgan fingerprint density at radius 2 is 1.72 bits per heavy atom. The normalized spacial score (nSPS) is 13.9. The van der Waals surface area contributed by atoms with E-state index in [1.807, 2.05) is 31.2 Å². The summed E-state index contributed by atoms with van der Waals surface area (Å²) in [7, 11) is -3.76. The molecular formula is C18H21N3O3S. The van der Waals surface area contributed by atoms with E-state index < -0.39 is 10.0 Å². The number of sulfonamides is 1. The van der Waals surface area contributed by atoms with Gasteiger partial charge in [0.05, 0.1) is 0 Å². The lowest BCUT2D eigenvalue weighted by Crippen LogP contribution is -2.27. The van der Waals surface area contributed by atoms with Crippen molar-refractivity contribution in [2.45, 2.75) is 44.0 Å². The highest BCUT2D eigenvalue weighted by Crippen LogP contribution is 2.25. The van der Waals surface area contributed by atoms with Gasteiger partial charge in [-0.05, 0) is 45.9 Å². The molecule has 0 amide bonds. The third-order valence-electron chi connectivity index (χ3n) is 4.15. The molecule has 1 heterocycles. The van der Waals surface area contributed by atoms with E-state index in [1.54, 1.807) is 12.1 Å². The number of nitrogens with zero attached hydrogens (tertiary/aromatic N) is 2. The van der Waals surface area contributed by atoms with Gasteiger partial charge in [0.2, 0.25) is 10.0 Å². The summed E-state index contributed by atoms with van der Waals surface area (Å²) in [5.74, 6) is 0. The van der Waals surface area contributed by atoms with Gasteiger partial charge in [-0.15, -0.1) is 0 Å². The van der Waals surface area contributed by atoms with Crippen LogP contribution in [0.15, 0.2) is 52.0 Å². The Bertz CT molecular complexity index is 986. The van der Waals surface area contributed by atoms with Crippen molar-refractivity contribution in [1.82, 2.24) is 15.0 Å². The summed E-state index contributed by atoms with van der Waals surface area (Å²) >= 11 is 0. The number of aromatic nitrogens is 2. The van der Waals surface area contributed by atoms with Gasteiger partial charge in [-0.2, -0.15) is 0 Å². The van der Waals surface area contributed by atoms with Gasteiger partial charge < -0.3 is 0 Å². The summed E-state index contributed by atoms with van der Waals surface area (Å²) in [5.41, 5.74) is 2.78. The van der Waals surface area contributed by atoms with Gasteiger partial charge in [0.1, 0.15) is 10.4 Å². The van der Waals surface area contributed by atoms with Crippen molar-refractivity contribution in [3.05, 3.63) is 53.6 Å². The SMILES string of the molecule is C[C@@H](NS(=O)(=O)c1cccc2nonc12)c1ccc(C(C)(C)C)cc1. The van der Waals surface area contributed by atoms with Crippen LogP contribution < -0.4 is 4.72 Å². The molecule has 7 heteroatoms. The fraction of sp³-hybridized carbons (Fsp3) is 0.333. The molecule has 3 aromatic rings. The monoisotopic (exact) mass is 359 g/mol.